The van der Waals surface area contributed by atoms with E-state index in [1.807, 2.05) is 40.2 Å². The van der Waals surface area contributed by atoms with E-state index in [1.165, 1.54) is 4.88 Å². The van der Waals surface area contributed by atoms with E-state index in [2.05, 4.69) is 62.9 Å². The van der Waals surface area contributed by atoms with E-state index >= 15 is 0 Å². The summed E-state index contributed by atoms with van der Waals surface area (Å²) in [5, 5.41) is 11.2. The van der Waals surface area contributed by atoms with Gasteiger partial charge in [-0.1, -0.05) is 35.5 Å². The fourth-order valence-electron chi connectivity index (χ4n) is 4.19. The lowest BCUT2D eigenvalue weighted by atomic mass is 10.0. The van der Waals surface area contributed by atoms with Crippen LogP contribution in [-0.2, 0) is 6.54 Å². The van der Waals surface area contributed by atoms with Crippen molar-refractivity contribution in [2.75, 3.05) is 33.8 Å². The molecule has 1 aliphatic heterocycles. The lowest BCUT2D eigenvalue weighted by Gasteiger charge is -2.38. The van der Waals surface area contributed by atoms with E-state index in [-0.39, 0.29) is 6.04 Å². The summed E-state index contributed by atoms with van der Waals surface area (Å²) in [6.07, 6.45) is 2.04. The summed E-state index contributed by atoms with van der Waals surface area (Å²) < 4.78 is 7.42. The highest BCUT2D eigenvalue weighted by Gasteiger charge is 2.29. The molecule has 0 saturated carbocycles. The molecule has 0 bridgehead atoms. The fraction of sp³-hybridized carbons (Fsp3) is 0.304. The van der Waals surface area contributed by atoms with Crippen LogP contribution in [0.15, 0.2) is 60.1 Å². The zero-order valence-corrected chi connectivity index (χ0v) is 18.0. The van der Waals surface area contributed by atoms with E-state index in [4.69, 9.17) is 4.74 Å². The summed E-state index contributed by atoms with van der Waals surface area (Å²) in [7, 11) is 3.88. The molecule has 1 fully saturated rings. The van der Waals surface area contributed by atoms with Crippen molar-refractivity contribution in [3.8, 4) is 16.9 Å². The molecule has 0 N–H and O–H groups in total. The van der Waals surface area contributed by atoms with E-state index in [0.717, 1.165) is 54.3 Å². The Balaban J connectivity index is 1.44. The molecular formula is C23H25N5OS. The van der Waals surface area contributed by atoms with E-state index < -0.39 is 0 Å². The summed E-state index contributed by atoms with van der Waals surface area (Å²) in [6.45, 7) is 4.05. The molecule has 30 heavy (non-hydrogen) atoms. The SMILES string of the molecule is COc1ccccc1-c1ccc2c([C@@H]3CN(Cc4cccs4)CCN3C)nnn2c1. The van der Waals surface area contributed by atoms with Gasteiger partial charge in [-0.05, 0) is 30.6 Å². The number of aromatic nitrogens is 3. The Hall–Kier alpha value is -2.74. The average molecular weight is 420 g/mol. The normalized spacial score (nSPS) is 18.1. The maximum atomic E-state index is 5.52. The molecule has 0 unspecified atom stereocenters. The monoisotopic (exact) mass is 419 g/mol. The molecule has 7 heteroatoms. The van der Waals surface area contributed by atoms with Crippen LogP contribution < -0.4 is 4.74 Å². The van der Waals surface area contributed by atoms with Gasteiger partial charge in [0.2, 0.25) is 0 Å². The van der Waals surface area contributed by atoms with Crippen LogP contribution in [0.3, 0.4) is 0 Å². The predicted octanol–water partition coefficient (Wildman–Crippen LogP) is 3.96. The summed E-state index contributed by atoms with van der Waals surface area (Å²) in [6, 6.07) is 16.9. The highest BCUT2D eigenvalue weighted by molar-refractivity contribution is 7.09. The van der Waals surface area contributed by atoms with Gasteiger partial charge in [0.1, 0.15) is 11.4 Å². The lowest BCUT2D eigenvalue weighted by Crippen LogP contribution is -2.46. The molecule has 1 aliphatic rings. The zero-order chi connectivity index (χ0) is 20.5. The summed E-state index contributed by atoms with van der Waals surface area (Å²) >= 11 is 1.82. The molecular weight excluding hydrogens is 394 g/mol. The van der Waals surface area contributed by atoms with Gasteiger partial charge in [-0.25, -0.2) is 4.52 Å². The molecule has 0 aliphatic carbocycles. The second kappa shape index (κ2) is 8.18. The van der Waals surface area contributed by atoms with Crippen LogP contribution in [-0.4, -0.2) is 58.4 Å². The molecule has 0 amide bonds. The van der Waals surface area contributed by atoms with E-state index in [1.54, 1.807) is 7.11 Å². The highest BCUT2D eigenvalue weighted by Crippen LogP contribution is 2.32. The number of benzene rings is 1. The third-order valence-electron chi connectivity index (χ3n) is 5.87. The molecule has 0 radical (unpaired) electrons. The van der Waals surface area contributed by atoms with Crippen LogP contribution in [0, 0.1) is 0 Å². The Kier molecular flexibility index (Phi) is 5.25. The van der Waals surface area contributed by atoms with Crippen molar-refractivity contribution in [2.45, 2.75) is 12.6 Å². The van der Waals surface area contributed by atoms with Crippen molar-refractivity contribution < 1.29 is 4.74 Å². The molecule has 4 aromatic rings. The predicted molar refractivity (Wildman–Crippen MR) is 120 cm³/mol. The minimum absolute atomic E-state index is 0.230. The van der Waals surface area contributed by atoms with Gasteiger partial charge in [0.15, 0.2) is 0 Å². The third-order valence-corrected chi connectivity index (χ3v) is 6.73. The Morgan fingerprint density at radius 1 is 1.10 bits per heavy atom. The number of para-hydroxylation sites is 1. The van der Waals surface area contributed by atoms with Crippen molar-refractivity contribution in [1.29, 1.82) is 0 Å². The van der Waals surface area contributed by atoms with Crippen LogP contribution in [0.2, 0.25) is 0 Å². The van der Waals surface area contributed by atoms with Gasteiger partial charge in [0, 0.05) is 48.4 Å². The Bertz CT molecular complexity index is 1140. The maximum Gasteiger partial charge on any atom is 0.126 e. The highest BCUT2D eigenvalue weighted by atomic mass is 32.1. The zero-order valence-electron chi connectivity index (χ0n) is 17.2. The largest absolute Gasteiger partial charge is 0.496 e. The first-order chi connectivity index (χ1) is 14.7. The molecule has 1 aromatic carbocycles. The number of piperazine rings is 1. The molecule has 154 valence electrons. The van der Waals surface area contributed by atoms with Gasteiger partial charge in [-0.2, -0.15) is 0 Å². The van der Waals surface area contributed by atoms with Crippen molar-refractivity contribution in [2.24, 2.45) is 0 Å². The number of nitrogens with zero attached hydrogens (tertiary/aromatic N) is 5. The topological polar surface area (TPSA) is 45.9 Å². The van der Waals surface area contributed by atoms with Crippen LogP contribution in [0.5, 0.6) is 5.75 Å². The van der Waals surface area contributed by atoms with Gasteiger partial charge >= 0.3 is 0 Å². The van der Waals surface area contributed by atoms with Crippen molar-refractivity contribution in [3.63, 3.8) is 0 Å². The Labute approximate surface area is 180 Å². The van der Waals surface area contributed by atoms with Gasteiger partial charge in [0.05, 0.1) is 18.7 Å². The quantitative estimate of drug-likeness (QED) is 0.490. The molecule has 1 saturated heterocycles. The number of thiophene rings is 1. The number of pyridine rings is 1. The molecule has 3 aromatic heterocycles. The van der Waals surface area contributed by atoms with Crippen LogP contribution in [0.1, 0.15) is 16.6 Å². The van der Waals surface area contributed by atoms with Crippen molar-refractivity contribution in [1.82, 2.24) is 24.6 Å². The number of methoxy groups -OCH3 is 1. The number of hydrogen-bond acceptors (Lipinski definition) is 6. The lowest BCUT2D eigenvalue weighted by molar-refractivity contribution is 0.0896. The molecule has 0 spiro atoms. The Morgan fingerprint density at radius 2 is 2.00 bits per heavy atom. The second-order valence-corrected chi connectivity index (χ2v) is 8.77. The van der Waals surface area contributed by atoms with E-state index in [0.29, 0.717) is 0 Å². The summed E-state index contributed by atoms with van der Waals surface area (Å²) in [5.74, 6) is 0.855. The Morgan fingerprint density at radius 3 is 2.83 bits per heavy atom. The molecule has 4 heterocycles. The maximum absolute atomic E-state index is 5.52. The number of fused-ring (bicyclic) bond motifs is 1. The average Bonchev–Trinajstić information content (AvgIpc) is 3.44. The third kappa shape index (κ3) is 3.60. The van der Waals surface area contributed by atoms with E-state index in [9.17, 15) is 0 Å². The number of ether oxygens (including phenoxy) is 1. The van der Waals surface area contributed by atoms with Gasteiger partial charge < -0.3 is 4.74 Å². The molecule has 1 atom stereocenters. The number of hydrogen-bond donors (Lipinski definition) is 0. The summed E-state index contributed by atoms with van der Waals surface area (Å²) in [5.41, 5.74) is 4.21. The van der Waals surface area contributed by atoms with Crippen molar-refractivity contribution in [3.05, 3.63) is 70.7 Å². The standard InChI is InChI=1S/C23H25N5OS/c1-26-11-12-27(15-18-6-5-13-30-18)16-21(26)23-20-10-9-17(14-28(20)25-24-23)19-7-3-4-8-22(19)29-2/h3-10,13-14,21H,11-12,15-16H2,1-2H3/t21-/m0/s1. The minimum Gasteiger partial charge on any atom is -0.496 e. The smallest absolute Gasteiger partial charge is 0.126 e. The number of likely N-dealkylation sites (N-methyl/N-ethyl adjacent to an activating group) is 1. The minimum atomic E-state index is 0.230. The van der Waals surface area contributed by atoms with Gasteiger partial charge in [0.25, 0.3) is 0 Å². The van der Waals surface area contributed by atoms with Crippen LogP contribution >= 0.6 is 11.3 Å². The van der Waals surface area contributed by atoms with Gasteiger partial charge in [-0.3, -0.25) is 9.80 Å². The van der Waals surface area contributed by atoms with Gasteiger partial charge in [-0.15, -0.1) is 16.4 Å². The first-order valence-corrected chi connectivity index (χ1v) is 11.0. The van der Waals surface area contributed by atoms with Crippen LogP contribution in [0.25, 0.3) is 16.6 Å². The van der Waals surface area contributed by atoms with Crippen molar-refractivity contribution >= 4 is 16.9 Å². The first-order valence-electron chi connectivity index (χ1n) is 10.2. The number of rotatable bonds is 5. The second-order valence-electron chi connectivity index (χ2n) is 7.73. The molecule has 6 nitrogen and oxygen atoms in total. The fourth-order valence-corrected chi connectivity index (χ4v) is 4.93. The van der Waals surface area contributed by atoms with Crippen LogP contribution in [0.4, 0.5) is 0 Å². The summed E-state index contributed by atoms with van der Waals surface area (Å²) in [4.78, 5) is 6.32. The first kappa shape index (κ1) is 19.2. The molecule has 5 rings (SSSR count).